The fourth-order valence-corrected chi connectivity index (χ4v) is 4.15. The molecule has 1 aromatic rings. The lowest BCUT2D eigenvalue weighted by Gasteiger charge is -2.28. The molecule has 2 N–H and O–H groups in total. The summed E-state index contributed by atoms with van der Waals surface area (Å²) in [4.78, 5) is 26.3. The van der Waals surface area contributed by atoms with Gasteiger partial charge in [-0.15, -0.1) is 0 Å². The first-order valence-electron chi connectivity index (χ1n) is 11.3. The molecule has 29 heavy (non-hydrogen) atoms. The molecule has 0 radical (unpaired) electrons. The number of aryl methyl sites for hydroxylation is 1. The highest BCUT2D eigenvalue weighted by atomic mass is 16.2. The number of anilines is 1. The summed E-state index contributed by atoms with van der Waals surface area (Å²) < 4.78 is 0. The maximum atomic E-state index is 11.9. The van der Waals surface area contributed by atoms with Crippen molar-refractivity contribution < 1.29 is 9.59 Å². The van der Waals surface area contributed by atoms with Crippen LogP contribution in [0.15, 0.2) is 35.9 Å². The van der Waals surface area contributed by atoms with E-state index in [-0.39, 0.29) is 0 Å². The van der Waals surface area contributed by atoms with Crippen molar-refractivity contribution >= 4 is 17.5 Å². The van der Waals surface area contributed by atoms with Crippen LogP contribution in [-0.2, 0) is 16.0 Å². The predicted molar refractivity (Wildman–Crippen MR) is 118 cm³/mol. The van der Waals surface area contributed by atoms with Crippen molar-refractivity contribution in [3.8, 4) is 0 Å². The minimum Gasteiger partial charge on any atom is -0.372 e. The second-order valence-electron chi connectivity index (χ2n) is 8.19. The minimum absolute atomic E-state index is 0.519. The van der Waals surface area contributed by atoms with Crippen LogP contribution in [0, 0.1) is 0 Å². The molecular formula is C24H35N3O2. The van der Waals surface area contributed by atoms with Crippen molar-refractivity contribution in [3.63, 3.8) is 0 Å². The molecule has 5 heteroatoms. The van der Waals surface area contributed by atoms with Gasteiger partial charge in [0.2, 0.25) is 0 Å². The number of carbonyl (C=O) groups excluding carboxylic acids is 2. The van der Waals surface area contributed by atoms with Gasteiger partial charge in [-0.25, -0.2) is 0 Å². The minimum atomic E-state index is -0.525. The molecule has 3 rings (SSSR count). The molecule has 1 aliphatic carbocycles. The van der Waals surface area contributed by atoms with Crippen LogP contribution < -0.4 is 15.5 Å². The van der Waals surface area contributed by atoms with Gasteiger partial charge in [-0.3, -0.25) is 9.59 Å². The van der Waals surface area contributed by atoms with E-state index in [2.05, 4.69) is 45.9 Å². The highest BCUT2D eigenvalue weighted by Gasteiger charge is 2.13. The maximum Gasteiger partial charge on any atom is 0.309 e. The maximum absolute atomic E-state index is 11.9. The SMILES string of the molecule is O=C(NCCCc1ccc(N2CCCCC2)cc1)C(=O)NCCC1=CCCCC1. The molecule has 0 bridgehead atoms. The first-order valence-corrected chi connectivity index (χ1v) is 11.3. The zero-order valence-corrected chi connectivity index (χ0v) is 17.5. The number of hydrogen-bond acceptors (Lipinski definition) is 3. The molecule has 158 valence electrons. The zero-order chi connectivity index (χ0) is 20.3. The molecule has 0 aromatic heterocycles. The molecule has 5 nitrogen and oxygen atoms in total. The second kappa shape index (κ2) is 11.6. The normalized spacial score (nSPS) is 16.8. The summed E-state index contributed by atoms with van der Waals surface area (Å²) in [6.07, 6.45) is 13.5. The topological polar surface area (TPSA) is 61.4 Å². The lowest BCUT2D eigenvalue weighted by molar-refractivity contribution is -0.139. The molecule has 1 heterocycles. The van der Waals surface area contributed by atoms with Crippen molar-refractivity contribution in [1.29, 1.82) is 0 Å². The fraction of sp³-hybridized carbons (Fsp3) is 0.583. The monoisotopic (exact) mass is 397 g/mol. The van der Waals surface area contributed by atoms with Gasteiger partial charge in [0.05, 0.1) is 0 Å². The molecule has 1 fully saturated rings. The van der Waals surface area contributed by atoms with Crippen molar-refractivity contribution in [2.75, 3.05) is 31.1 Å². The molecule has 2 amide bonds. The molecular weight excluding hydrogens is 362 g/mol. The number of hydrogen-bond donors (Lipinski definition) is 2. The average Bonchev–Trinajstić information content (AvgIpc) is 2.78. The molecule has 0 unspecified atom stereocenters. The van der Waals surface area contributed by atoms with Crippen LogP contribution in [0.4, 0.5) is 5.69 Å². The Balaban J connectivity index is 1.28. The Labute approximate surface area is 174 Å². The number of nitrogens with one attached hydrogen (secondary N) is 2. The second-order valence-corrected chi connectivity index (χ2v) is 8.19. The Hall–Kier alpha value is -2.30. The summed E-state index contributed by atoms with van der Waals surface area (Å²) >= 11 is 0. The molecule has 0 saturated carbocycles. The van der Waals surface area contributed by atoms with Crippen molar-refractivity contribution in [2.45, 2.75) is 64.2 Å². The lowest BCUT2D eigenvalue weighted by atomic mass is 9.97. The van der Waals surface area contributed by atoms with E-state index in [1.54, 1.807) is 0 Å². The van der Waals surface area contributed by atoms with E-state index in [1.165, 1.54) is 48.9 Å². The molecule has 0 spiro atoms. The van der Waals surface area contributed by atoms with E-state index in [0.717, 1.165) is 45.2 Å². The Morgan fingerprint density at radius 2 is 1.55 bits per heavy atom. The number of nitrogens with zero attached hydrogens (tertiary/aromatic N) is 1. The largest absolute Gasteiger partial charge is 0.372 e. The van der Waals surface area contributed by atoms with Gasteiger partial charge in [0.15, 0.2) is 0 Å². The van der Waals surface area contributed by atoms with Gasteiger partial charge in [-0.05, 0) is 81.9 Å². The zero-order valence-electron chi connectivity index (χ0n) is 17.5. The number of carbonyl (C=O) groups is 2. The highest BCUT2D eigenvalue weighted by molar-refractivity contribution is 6.35. The average molecular weight is 398 g/mol. The number of rotatable bonds is 8. The van der Waals surface area contributed by atoms with E-state index in [9.17, 15) is 9.59 Å². The Kier molecular flexibility index (Phi) is 8.59. The number of allylic oxidation sites excluding steroid dienone is 1. The summed E-state index contributed by atoms with van der Waals surface area (Å²) in [5.74, 6) is -1.05. The summed E-state index contributed by atoms with van der Waals surface area (Å²) in [5, 5.41) is 5.46. The Bertz CT molecular complexity index is 691. The van der Waals surface area contributed by atoms with Gasteiger partial charge in [0, 0.05) is 31.9 Å². The molecule has 1 saturated heterocycles. The Morgan fingerprint density at radius 3 is 2.24 bits per heavy atom. The first-order chi connectivity index (χ1) is 14.2. The van der Waals surface area contributed by atoms with Crippen LogP contribution >= 0.6 is 0 Å². The van der Waals surface area contributed by atoms with Crippen LogP contribution in [0.5, 0.6) is 0 Å². The number of piperidine rings is 1. The van der Waals surface area contributed by atoms with Gasteiger partial charge in [0.25, 0.3) is 0 Å². The third kappa shape index (κ3) is 7.22. The molecule has 1 aromatic carbocycles. The predicted octanol–water partition coefficient (Wildman–Crippen LogP) is 3.73. The van der Waals surface area contributed by atoms with Crippen LogP contribution in [0.2, 0.25) is 0 Å². The van der Waals surface area contributed by atoms with Gasteiger partial charge in [-0.2, -0.15) is 0 Å². The van der Waals surface area contributed by atoms with Crippen molar-refractivity contribution in [2.24, 2.45) is 0 Å². The van der Waals surface area contributed by atoms with Gasteiger partial charge >= 0.3 is 11.8 Å². The third-order valence-corrected chi connectivity index (χ3v) is 5.91. The quantitative estimate of drug-likeness (QED) is 0.399. The van der Waals surface area contributed by atoms with E-state index in [0.29, 0.717) is 13.1 Å². The first kappa shape index (κ1) is 21.4. The van der Waals surface area contributed by atoms with E-state index in [1.807, 2.05) is 0 Å². The Morgan fingerprint density at radius 1 is 0.828 bits per heavy atom. The van der Waals surface area contributed by atoms with Crippen molar-refractivity contribution in [3.05, 3.63) is 41.5 Å². The number of benzene rings is 1. The van der Waals surface area contributed by atoms with E-state index in [4.69, 9.17) is 0 Å². The van der Waals surface area contributed by atoms with Gasteiger partial charge < -0.3 is 15.5 Å². The van der Waals surface area contributed by atoms with Crippen molar-refractivity contribution in [1.82, 2.24) is 10.6 Å². The van der Waals surface area contributed by atoms with E-state index < -0.39 is 11.8 Å². The molecule has 2 aliphatic rings. The van der Waals surface area contributed by atoms with E-state index >= 15 is 0 Å². The lowest BCUT2D eigenvalue weighted by Crippen LogP contribution is -2.40. The number of amides is 2. The van der Waals surface area contributed by atoms with Gasteiger partial charge in [0.1, 0.15) is 0 Å². The van der Waals surface area contributed by atoms with Crippen LogP contribution in [0.3, 0.4) is 0 Å². The molecule has 0 atom stereocenters. The summed E-state index contributed by atoms with van der Waals surface area (Å²) in [6.45, 7) is 3.38. The fourth-order valence-electron chi connectivity index (χ4n) is 4.15. The van der Waals surface area contributed by atoms with Crippen LogP contribution in [-0.4, -0.2) is 38.0 Å². The summed E-state index contributed by atoms with van der Waals surface area (Å²) in [7, 11) is 0. The van der Waals surface area contributed by atoms with Gasteiger partial charge in [-0.1, -0.05) is 23.8 Å². The van der Waals surface area contributed by atoms with Crippen LogP contribution in [0.25, 0.3) is 0 Å². The molecule has 1 aliphatic heterocycles. The van der Waals surface area contributed by atoms with Crippen LogP contribution in [0.1, 0.15) is 63.4 Å². The summed E-state index contributed by atoms with van der Waals surface area (Å²) in [5.41, 5.74) is 3.98. The third-order valence-electron chi connectivity index (χ3n) is 5.91. The summed E-state index contributed by atoms with van der Waals surface area (Å²) in [6, 6.07) is 8.76. The standard InChI is InChI=1S/C24H35N3O2/c28-23(24(29)26-17-15-20-8-3-1-4-9-20)25-16-7-10-21-11-13-22(14-12-21)27-18-5-2-6-19-27/h8,11-14H,1-7,9-10,15-19H2,(H,25,28)(H,26,29). The smallest absolute Gasteiger partial charge is 0.309 e. The highest BCUT2D eigenvalue weighted by Crippen LogP contribution is 2.21.